The minimum Gasteiger partial charge on any atom is -0.491 e. The molecule has 2 rings (SSSR count). The fourth-order valence-corrected chi connectivity index (χ4v) is 3.53. The predicted molar refractivity (Wildman–Crippen MR) is 138 cm³/mol. The molecule has 0 saturated heterocycles. The molecule has 0 N–H and O–H groups in total. The van der Waals surface area contributed by atoms with Crippen LogP contribution in [0.2, 0.25) is 0 Å². The highest BCUT2D eigenvalue weighted by atomic mass is 16.6. The van der Waals surface area contributed by atoms with Gasteiger partial charge in [-0.2, -0.15) is 0 Å². The maximum atomic E-state index is 6.15. The fraction of sp³-hybridized carbons (Fsp3) is 0.571. The molecule has 190 valence electrons. The van der Waals surface area contributed by atoms with Crippen molar-refractivity contribution in [2.45, 2.75) is 27.3 Å². The summed E-state index contributed by atoms with van der Waals surface area (Å²) in [5.41, 5.74) is 6.29. The Kier molecular flexibility index (Phi) is 12.6. The van der Waals surface area contributed by atoms with Gasteiger partial charge >= 0.3 is 0 Å². The first kappa shape index (κ1) is 28.3. The van der Waals surface area contributed by atoms with Gasteiger partial charge in [0.05, 0.1) is 66.9 Å². The summed E-state index contributed by atoms with van der Waals surface area (Å²) in [5, 5.41) is 0. The number of nitrogens with zero attached hydrogens (tertiary/aromatic N) is 1. The monoisotopic (exact) mass is 474 g/mol. The molecule has 34 heavy (non-hydrogen) atoms. The van der Waals surface area contributed by atoms with E-state index in [2.05, 4.69) is 71.3 Å². The Morgan fingerprint density at radius 3 is 1.97 bits per heavy atom. The van der Waals surface area contributed by atoms with Crippen molar-refractivity contribution < 1.29 is 28.2 Å². The van der Waals surface area contributed by atoms with Gasteiger partial charge in [0.15, 0.2) is 0 Å². The fourth-order valence-electron chi connectivity index (χ4n) is 3.53. The van der Waals surface area contributed by atoms with Gasteiger partial charge in [-0.15, -0.1) is 0 Å². The van der Waals surface area contributed by atoms with E-state index in [0.717, 1.165) is 23.3 Å². The second kappa shape index (κ2) is 15.1. The Morgan fingerprint density at radius 1 is 0.735 bits per heavy atom. The number of quaternary nitrogens is 1. The molecule has 0 atom stereocenters. The number of ether oxygens (including phenoxy) is 5. The number of hydrogen-bond donors (Lipinski definition) is 0. The van der Waals surface area contributed by atoms with E-state index in [1.807, 2.05) is 0 Å². The second-order valence-corrected chi connectivity index (χ2v) is 9.23. The van der Waals surface area contributed by atoms with Crippen molar-refractivity contribution in [2.75, 3.05) is 80.6 Å². The van der Waals surface area contributed by atoms with Crippen LogP contribution in [0.4, 0.5) is 0 Å². The van der Waals surface area contributed by atoms with Gasteiger partial charge in [0, 0.05) is 12.7 Å². The van der Waals surface area contributed by atoms with Crippen LogP contribution in [0, 0.1) is 13.8 Å². The van der Waals surface area contributed by atoms with Crippen LogP contribution in [0.3, 0.4) is 0 Å². The third-order valence-corrected chi connectivity index (χ3v) is 5.88. The van der Waals surface area contributed by atoms with Gasteiger partial charge in [0.25, 0.3) is 0 Å². The molecule has 6 nitrogen and oxygen atoms in total. The zero-order chi connectivity index (χ0) is 24.8. The van der Waals surface area contributed by atoms with Crippen molar-refractivity contribution >= 4 is 0 Å². The van der Waals surface area contributed by atoms with Crippen LogP contribution in [0.15, 0.2) is 36.4 Å². The lowest BCUT2D eigenvalue weighted by Gasteiger charge is -2.29. The van der Waals surface area contributed by atoms with Crippen molar-refractivity contribution in [2.24, 2.45) is 0 Å². The van der Waals surface area contributed by atoms with Gasteiger partial charge in [-0.05, 0) is 49.6 Å². The number of hydrogen-bond acceptors (Lipinski definition) is 5. The molecule has 0 aliphatic carbocycles. The molecule has 0 saturated carbocycles. The molecule has 6 heteroatoms. The number of rotatable bonds is 17. The highest BCUT2D eigenvalue weighted by Crippen LogP contribution is 2.31. The largest absolute Gasteiger partial charge is 0.491 e. The standard InChI is InChI=1S/C28H44NO5/c1-7-29(4,5)22-26-21-25(27-20-23(2)8-9-24(27)3)10-11-28(26)34-19-18-33-17-16-32-15-14-31-13-12-30-6/h8-11,20-21H,7,12-19,22H2,1-6H3/q+1. The van der Waals surface area contributed by atoms with Gasteiger partial charge in [-0.1, -0.05) is 29.8 Å². The van der Waals surface area contributed by atoms with Crippen LogP contribution in [0.5, 0.6) is 5.75 Å². The Morgan fingerprint density at radius 2 is 1.35 bits per heavy atom. The third kappa shape index (κ3) is 10.1. The SMILES string of the molecule is CC[N+](C)(C)Cc1cc(-c2cc(C)ccc2C)ccc1OCCOCCOCCOCCOC. The smallest absolute Gasteiger partial charge is 0.128 e. The van der Waals surface area contributed by atoms with Crippen LogP contribution >= 0.6 is 0 Å². The van der Waals surface area contributed by atoms with Crippen LogP contribution in [0.25, 0.3) is 11.1 Å². The second-order valence-electron chi connectivity index (χ2n) is 9.23. The van der Waals surface area contributed by atoms with Crippen molar-refractivity contribution in [3.05, 3.63) is 53.1 Å². The maximum Gasteiger partial charge on any atom is 0.128 e. The molecular formula is C28H44NO5+. The van der Waals surface area contributed by atoms with Crippen molar-refractivity contribution in [1.29, 1.82) is 0 Å². The summed E-state index contributed by atoms with van der Waals surface area (Å²) >= 11 is 0. The molecule has 0 aliphatic rings. The average molecular weight is 475 g/mol. The highest BCUT2D eigenvalue weighted by molar-refractivity contribution is 5.69. The molecule has 0 unspecified atom stereocenters. The molecule has 2 aromatic rings. The van der Waals surface area contributed by atoms with E-state index in [1.54, 1.807) is 7.11 Å². The van der Waals surface area contributed by atoms with Crippen LogP contribution in [0.1, 0.15) is 23.6 Å². The first-order valence-electron chi connectivity index (χ1n) is 12.2. The normalized spacial score (nSPS) is 11.7. The quantitative estimate of drug-likeness (QED) is 0.247. The van der Waals surface area contributed by atoms with Crippen molar-refractivity contribution in [1.82, 2.24) is 0 Å². The molecule has 0 amide bonds. The highest BCUT2D eigenvalue weighted by Gasteiger charge is 2.18. The molecule has 0 spiro atoms. The molecule has 0 bridgehead atoms. The van der Waals surface area contributed by atoms with E-state index in [9.17, 15) is 0 Å². The third-order valence-electron chi connectivity index (χ3n) is 5.88. The van der Waals surface area contributed by atoms with Gasteiger partial charge in [-0.3, -0.25) is 0 Å². The lowest BCUT2D eigenvalue weighted by molar-refractivity contribution is -0.901. The first-order valence-corrected chi connectivity index (χ1v) is 12.2. The molecule has 2 aromatic carbocycles. The van der Waals surface area contributed by atoms with E-state index in [0.29, 0.717) is 52.9 Å². The van der Waals surface area contributed by atoms with E-state index in [1.165, 1.54) is 27.8 Å². The Bertz CT molecular complexity index is 853. The minimum absolute atomic E-state index is 0.509. The molecule has 0 radical (unpaired) electrons. The molecule has 0 aromatic heterocycles. The summed E-state index contributed by atoms with van der Waals surface area (Å²) in [4.78, 5) is 0. The van der Waals surface area contributed by atoms with Gasteiger partial charge < -0.3 is 28.2 Å². The minimum atomic E-state index is 0.509. The summed E-state index contributed by atoms with van der Waals surface area (Å²) in [6.07, 6.45) is 0. The predicted octanol–water partition coefficient (Wildman–Crippen LogP) is 4.64. The van der Waals surface area contributed by atoms with Crippen molar-refractivity contribution in [3.8, 4) is 16.9 Å². The van der Waals surface area contributed by atoms with Gasteiger partial charge in [0.1, 0.15) is 18.9 Å². The number of methoxy groups -OCH3 is 1. The Labute approximate surface area is 206 Å². The summed E-state index contributed by atoms with van der Waals surface area (Å²) in [6.45, 7) is 12.9. The zero-order valence-corrected chi connectivity index (χ0v) is 22.0. The first-order chi connectivity index (χ1) is 16.4. The van der Waals surface area contributed by atoms with E-state index >= 15 is 0 Å². The number of benzene rings is 2. The lowest BCUT2D eigenvalue weighted by atomic mass is 9.96. The Balaban J connectivity index is 1.87. The lowest BCUT2D eigenvalue weighted by Crippen LogP contribution is -2.38. The summed E-state index contributed by atoms with van der Waals surface area (Å²) in [6, 6.07) is 13.2. The number of aryl methyl sites for hydroxylation is 2. The molecule has 0 aliphatic heterocycles. The van der Waals surface area contributed by atoms with Gasteiger partial charge in [0.2, 0.25) is 0 Å². The van der Waals surface area contributed by atoms with Gasteiger partial charge in [-0.25, -0.2) is 0 Å². The van der Waals surface area contributed by atoms with E-state index in [-0.39, 0.29) is 0 Å². The topological polar surface area (TPSA) is 46.2 Å². The Hall–Kier alpha value is -1.96. The summed E-state index contributed by atoms with van der Waals surface area (Å²) in [5.74, 6) is 0.932. The zero-order valence-electron chi connectivity index (χ0n) is 22.0. The van der Waals surface area contributed by atoms with Crippen LogP contribution in [-0.4, -0.2) is 85.1 Å². The molecule has 0 heterocycles. The molecule has 0 fully saturated rings. The maximum absolute atomic E-state index is 6.15. The van der Waals surface area contributed by atoms with E-state index < -0.39 is 0 Å². The molecular weight excluding hydrogens is 430 g/mol. The van der Waals surface area contributed by atoms with E-state index in [4.69, 9.17) is 23.7 Å². The summed E-state index contributed by atoms with van der Waals surface area (Å²) < 4.78 is 28.5. The van der Waals surface area contributed by atoms with Crippen LogP contribution in [-0.2, 0) is 25.5 Å². The summed E-state index contributed by atoms with van der Waals surface area (Å²) in [7, 11) is 6.16. The van der Waals surface area contributed by atoms with Crippen LogP contribution < -0.4 is 4.74 Å². The average Bonchev–Trinajstić information content (AvgIpc) is 2.82. The van der Waals surface area contributed by atoms with Crippen molar-refractivity contribution in [3.63, 3.8) is 0 Å².